The summed E-state index contributed by atoms with van der Waals surface area (Å²) in [6.45, 7) is 0.504. The number of ether oxygens (including phenoxy) is 1. The molecule has 2 aromatic carbocycles. The molecule has 0 aromatic heterocycles. The van der Waals surface area contributed by atoms with Gasteiger partial charge in [-0.2, -0.15) is 0 Å². The van der Waals surface area contributed by atoms with Gasteiger partial charge in [0.2, 0.25) is 0 Å². The van der Waals surface area contributed by atoms with Crippen LogP contribution in [0.15, 0.2) is 42.5 Å². The Balaban J connectivity index is 2.35. The van der Waals surface area contributed by atoms with Crippen LogP contribution in [0.25, 0.3) is 0 Å². The van der Waals surface area contributed by atoms with Crippen LogP contribution in [0, 0.1) is 0 Å². The maximum atomic E-state index is 10.4. The first-order chi connectivity index (χ1) is 9.11. The van der Waals surface area contributed by atoms with Crippen molar-refractivity contribution < 1.29 is 9.84 Å². The number of methoxy groups -OCH3 is 1. The number of rotatable bonds is 4. The third kappa shape index (κ3) is 3.48. The molecule has 0 heterocycles. The van der Waals surface area contributed by atoms with Crippen LogP contribution in [-0.4, -0.2) is 12.2 Å². The lowest BCUT2D eigenvalue weighted by atomic mass is 10.00. The van der Waals surface area contributed by atoms with Crippen molar-refractivity contribution in [3.05, 3.63) is 69.2 Å². The van der Waals surface area contributed by atoms with E-state index in [2.05, 4.69) is 0 Å². The summed E-state index contributed by atoms with van der Waals surface area (Å²) in [5, 5.41) is 11.4. The van der Waals surface area contributed by atoms with E-state index in [-0.39, 0.29) is 0 Å². The summed E-state index contributed by atoms with van der Waals surface area (Å²) in [4.78, 5) is 0. The van der Waals surface area contributed by atoms with E-state index < -0.39 is 6.10 Å². The van der Waals surface area contributed by atoms with E-state index in [0.717, 1.165) is 11.1 Å². The molecule has 0 aliphatic carbocycles. The zero-order valence-electron chi connectivity index (χ0n) is 10.4. The Morgan fingerprint density at radius 3 is 2.68 bits per heavy atom. The Hall–Kier alpha value is -1.06. The summed E-state index contributed by atoms with van der Waals surface area (Å²) in [5.41, 5.74) is 2.36. The summed E-state index contributed by atoms with van der Waals surface area (Å²) >= 11 is 12.0. The largest absolute Gasteiger partial charge is 0.384 e. The van der Waals surface area contributed by atoms with Crippen LogP contribution in [0.4, 0.5) is 0 Å². The molecule has 0 aliphatic heterocycles. The smallest absolute Gasteiger partial charge is 0.106 e. The number of aliphatic hydroxyl groups is 1. The van der Waals surface area contributed by atoms with Crippen molar-refractivity contribution in [1.82, 2.24) is 0 Å². The number of halogens is 2. The third-order valence-electron chi connectivity index (χ3n) is 2.83. The second-order valence-corrected chi connectivity index (χ2v) is 5.09. The van der Waals surface area contributed by atoms with Gasteiger partial charge < -0.3 is 9.84 Å². The molecule has 2 aromatic rings. The second-order valence-electron chi connectivity index (χ2n) is 4.25. The minimum atomic E-state index is -0.803. The molecule has 0 aliphatic rings. The van der Waals surface area contributed by atoms with E-state index in [1.807, 2.05) is 24.3 Å². The molecule has 19 heavy (non-hydrogen) atoms. The first-order valence-corrected chi connectivity index (χ1v) is 6.58. The van der Waals surface area contributed by atoms with Crippen molar-refractivity contribution in [2.24, 2.45) is 0 Å². The minimum Gasteiger partial charge on any atom is -0.384 e. The van der Waals surface area contributed by atoms with Crippen LogP contribution in [0.2, 0.25) is 10.0 Å². The van der Waals surface area contributed by atoms with Gasteiger partial charge in [0, 0.05) is 22.7 Å². The van der Waals surface area contributed by atoms with Crippen molar-refractivity contribution in [3.63, 3.8) is 0 Å². The van der Waals surface area contributed by atoms with Crippen LogP contribution < -0.4 is 0 Å². The monoisotopic (exact) mass is 296 g/mol. The summed E-state index contributed by atoms with van der Waals surface area (Å²) in [7, 11) is 1.64. The van der Waals surface area contributed by atoms with E-state index in [1.165, 1.54) is 0 Å². The summed E-state index contributed by atoms with van der Waals surface area (Å²) in [6, 6.07) is 12.6. The lowest BCUT2D eigenvalue weighted by molar-refractivity contribution is 0.184. The Labute approximate surface area is 122 Å². The standard InChI is InChI=1S/C15H14Cl2O2/c1-19-9-10-3-2-4-11(7-10)15(18)13-8-12(16)5-6-14(13)17/h2-8,15,18H,9H2,1H3. The SMILES string of the molecule is COCc1cccc(C(O)c2cc(Cl)ccc2Cl)c1. The highest BCUT2D eigenvalue weighted by Gasteiger charge is 2.14. The van der Waals surface area contributed by atoms with Gasteiger partial charge in [0.25, 0.3) is 0 Å². The summed E-state index contributed by atoms with van der Waals surface area (Å²) in [5.74, 6) is 0. The van der Waals surface area contributed by atoms with Crippen molar-refractivity contribution in [3.8, 4) is 0 Å². The van der Waals surface area contributed by atoms with E-state index in [1.54, 1.807) is 25.3 Å². The average Bonchev–Trinajstić information content (AvgIpc) is 2.41. The number of hydrogen-bond acceptors (Lipinski definition) is 2. The Bertz CT molecular complexity index is 570. The highest BCUT2D eigenvalue weighted by atomic mass is 35.5. The van der Waals surface area contributed by atoms with Crippen molar-refractivity contribution in [2.75, 3.05) is 7.11 Å². The van der Waals surface area contributed by atoms with Crippen LogP contribution in [0.1, 0.15) is 22.8 Å². The molecule has 0 spiro atoms. The molecule has 1 atom stereocenters. The maximum Gasteiger partial charge on any atom is 0.106 e. The van der Waals surface area contributed by atoms with E-state index in [0.29, 0.717) is 22.2 Å². The minimum absolute atomic E-state index is 0.494. The predicted octanol–water partition coefficient (Wildman–Crippen LogP) is 4.22. The molecule has 1 N–H and O–H groups in total. The van der Waals surface area contributed by atoms with Crippen LogP contribution in [0.5, 0.6) is 0 Å². The first-order valence-electron chi connectivity index (χ1n) is 5.82. The number of aliphatic hydroxyl groups excluding tert-OH is 1. The molecule has 0 amide bonds. The molecule has 0 radical (unpaired) electrons. The van der Waals surface area contributed by atoms with Gasteiger partial charge in [-0.15, -0.1) is 0 Å². The van der Waals surface area contributed by atoms with Gasteiger partial charge in [-0.1, -0.05) is 47.5 Å². The Morgan fingerprint density at radius 2 is 1.95 bits per heavy atom. The molecule has 100 valence electrons. The zero-order chi connectivity index (χ0) is 13.8. The van der Waals surface area contributed by atoms with E-state index in [9.17, 15) is 5.11 Å². The quantitative estimate of drug-likeness (QED) is 0.915. The summed E-state index contributed by atoms with van der Waals surface area (Å²) in [6.07, 6.45) is -0.803. The molecule has 0 saturated heterocycles. The molecule has 0 saturated carbocycles. The lowest BCUT2D eigenvalue weighted by Gasteiger charge is -2.14. The average molecular weight is 297 g/mol. The van der Waals surface area contributed by atoms with Gasteiger partial charge in [-0.25, -0.2) is 0 Å². The van der Waals surface area contributed by atoms with Crippen LogP contribution in [-0.2, 0) is 11.3 Å². The molecule has 1 unspecified atom stereocenters. The fraction of sp³-hybridized carbons (Fsp3) is 0.200. The topological polar surface area (TPSA) is 29.5 Å². The van der Waals surface area contributed by atoms with Gasteiger partial charge in [0.15, 0.2) is 0 Å². The van der Waals surface area contributed by atoms with Crippen molar-refractivity contribution in [1.29, 1.82) is 0 Å². The normalized spacial score (nSPS) is 12.4. The third-order valence-corrected chi connectivity index (χ3v) is 3.41. The molecular weight excluding hydrogens is 283 g/mol. The van der Waals surface area contributed by atoms with Crippen LogP contribution in [0.3, 0.4) is 0 Å². The molecular formula is C15H14Cl2O2. The fourth-order valence-corrected chi connectivity index (χ4v) is 2.32. The number of benzene rings is 2. The van der Waals surface area contributed by atoms with Gasteiger partial charge >= 0.3 is 0 Å². The lowest BCUT2D eigenvalue weighted by Crippen LogP contribution is -2.01. The first kappa shape index (κ1) is 14.4. The molecule has 2 nitrogen and oxygen atoms in total. The zero-order valence-corrected chi connectivity index (χ0v) is 11.9. The highest BCUT2D eigenvalue weighted by Crippen LogP contribution is 2.30. The maximum absolute atomic E-state index is 10.4. The van der Waals surface area contributed by atoms with Gasteiger partial charge in [0.05, 0.1) is 6.61 Å². The van der Waals surface area contributed by atoms with Crippen molar-refractivity contribution in [2.45, 2.75) is 12.7 Å². The molecule has 4 heteroatoms. The Kier molecular flexibility index (Phi) is 4.83. The van der Waals surface area contributed by atoms with Gasteiger partial charge in [0.1, 0.15) is 6.10 Å². The van der Waals surface area contributed by atoms with Crippen LogP contribution >= 0.6 is 23.2 Å². The molecule has 0 fully saturated rings. The second kappa shape index (κ2) is 6.40. The predicted molar refractivity (Wildman–Crippen MR) is 77.7 cm³/mol. The van der Waals surface area contributed by atoms with E-state index in [4.69, 9.17) is 27.9 Å². The van der Waals surface area contributed by atoms with E-state index >= 15 is 0 Å². The number of hydrogen-bond donors (Lipinski definition) is 1. The molecule has 0 bridgehead atoms. The summed E-state index contributed by atoms with van der Waals surface area (Å²) < 4.78 is 5.08. The van der Waals surface area contributed by atoms with Crippen molar-refractivity contribution >= 4 is 23.2 Å². The fourth-order valence-electron chi connectivity index (χ4n) is 1.92. The molecule has 2 rings (SSSR count). The highest BCUT2D eigenvalue weighted by molar-refractivity contribution is 6.33. The van der Waals surface area contributed by atoms with Gasteiger partial charge in [-0.3, -0.25) is 0 Å². The van der Waals surface area contributed by atoms with Gasteiger partial charge in [-0.05, 0) is 29.3 Å². The Morgan fingerprint density at radius 1 is 1.16 bits per heavy atom.